The van der Waals surface area contributed by atoms with Crippen molar-refractivity contribution in [3.8, 4) is 0 Å². The largest absolute Gasteiger partial charge is 0.444 e. The molecule has 0 radical (unpaired) electrons. The summed E-state index contributed by atoms with van der Waals surface area (Å²) in [6.07, 6.45) is -1.46. The maximum absolute atomic E-state index is 11.5. The van der Waals surface area contributed by atoms with Crippen LogP contribution in [0, 0.1) is 0 Å². The van der Waals surface area contributed by atoms with Crippen LogP contribution in [0.25, 0.3) is 0 Å². The van der Waals surface area contributed by atoms with Gasteiger partial charge in [0.2, 0.25) is 11.8 Å². The maximum atomic E-state index is 11.5. The van der Waals surface area contributed by atoms with Crippen molar-refractivity contribution < 1.29 is 23.9 Å². The van der Waals surface area contributed by atoms with E-state index >= 15 is 0 Å². The molecule has 1 atom stereocenters. The van der Waals surface area contributed by atoms with Crippen molar-refractivity contribution in [3.05, 3.63) is 22.6 Å². The lowest BCUT2D eigenvalue weighted by Crippen LogP contribution is -2.43. The van der Waals surface area contributed by atoms with Gasteiger partial charge in [-0.1, -0.05) is 0 Å². The van der Waals surface area contributed by atoms with E-state index in [9.17, 15) is 14.4 Å². The van der Waals surface area contributed by atoms with E-state index in [0.717, 1.165) is 0 Å². The molecule has 9 heteroatoms. The van der Waals surface area contributed by atoms with Gasteiger partial charge in [0.25, 0.3) is 5.91 Å². The minimum Gasteiger partial charge on any atom is -0.444 e. The van der Waals surface area contributed by atoms with Gasteiger partial charge in [-0.05, 0) is 28.1 Å². The van der Waals surface area contributed by atoms with Crippen molar-refractivity contribution in [2.24, 2.45) is 5.73 Å². The van der Waals surface area contributed by atoms with Crippen LogP contribution in [-0.2, 0) is 9.59 Å². The van der Waals surface area contributed by atoms with Crippen molar-refractivity contribution in [1.82, 2.24) is 10.6 Å². The number of nitrogens with two attached hydrogens (primary N) is 1. The van der Waals surface area contributed by atoms with E-state index in [-0.39, 0.29) is 18.8 Å². The average molecular weight is 334 g/mol. The second kappa shape index (κ2) is 6.90. The van der Waals surface area contributed by atoms with Gasteiger partial charge in [-0.25, -0.2) is 0 Å². The van der Waals surface area contributed by atoms with Gasteiger partial charge < -0.3 is 25.9 Å². The highest BCUT2D eigenvalue weighted by Crippen LogP contribution is 2.13. The minimum absolute atomic E-state index is 0.0526. The second-order valence-electron chi connectivity index (χ2n) is 3.51. The van der Waals surface area contributed by atoms with Crippen LogP contribution < -0.4 is 16.4 Å². The molecule has 0 fully saturated rings. The Balaban J connectivity index is 2.30. The number of furan rings is 1. The number of aliphatic hydroxyl groups is 1. The lowest BCUT2D eigenvalue weighted by atomic mass is 10.3. The third kappa shape index (κ3) is 5.10. The summed E-state index contributed by atoms with van der Waals surface area (Å²) in [7, 11) is 0. The molecule has 0 saturated heterocycles. The lowest BCUT2D eigenvalue weighted by Gasteiger charge is -2.08. The lowest BCUT2D eigenvalue weighted by molar-refractivity contribution is -0.126. The van der Waals surface area contributed by atoms with Crippen LogP contribution in [0.2, 0.25) is 0 Å². The minimum atomic E-state index is -1.46. The Morgan fingerprint density at radius 3 is 2.58 bits per heavy atom. The van der Waals surface area contributed by atoms with Gasteiger partial charge in [-0.15, -0.1) is 0 Å². The Kier molecular flexibility index (Phi) is 5.52. The number of carbonyl (C=O) groups excluding carboxylic acids is 3. The fourth-order valence-electron chi connectivity index (χ4n) is 1.06. The topological polar surface area (TPSA) is 135 Å². The SMILES string of the molecule is NC(=O)C(O)CNC(=O)CNC(=O)c1ccc(Br)o1. The van der Waals surface area contributed by atoms with Crippen molar-refractivity contribution in [2.75, 3.05) is 13.1 Å². The molecular formula is C10H12BrN3O5. The number of rotatable bonds is 6. The molecule has 0 aliphatic rings. The summed E-state index contributed by atoms with van der Waals surface area (Å²) in [6, 6.07) is 2.98. The van der Waals surface area contributed by atoms with Crippen molar-refractivity contribution in [2.45, 2.75) is 6.10 Å². The number of primary amides is 1. The highest BCUT2D eigenvalue weighted by Gasteiger charge is 2.14. The van der Waals surface area contributed by atoms with E-state index in [2.05, 4.69) is 26.6 Å². The predicted molar refractivity (Wildman–Crippen MR) is 67.0 cm³/mol. The first-order chi connectivity index (χ1) is 8.90. The van der Waals surface area contributed by atoms with E-state index in [1.165, 1.54) is 12.1 Å². The average Bonchev–Trinajstić information content (AvgIpc) is 2.79. The predicted octanol–water partition coefficient (Wildman–Crippen LogP) is -1.27. The summed E-state index contributed by atoms with van der Waals surface area (Å²) >= 11 is 3.04. The number of amides is 3. The Morgan fingerprint density at radius 2 is 2.05 bits per heavy atom. The van der Waals surface area contributed by atoms with Crippen molar-refractivity contribution in [3.63, 3.8) is 0 Å². The molecule has 3 amide bonds. The summed E-state index contributed by atoms with van der Waals surface area (Å²) in [5.41, 5.74) is 4.80. The molecule has 1 unspecified atom stereocenters. The molecule has 0 aromatic carbocycles. The molecule has 19 heavy (non-hydrogen) atoms. The third-order valence-corrected chi connectivity index (χ3v) is 2.45. The zero-order chi connectivity index (χ0) is 14.4. The first kappa shape index (κ1) is 15.2. The van der Waals surface area contributed by atoms with Gasteiger partial charge in [0.15, 0.2) is 10.4 Å². The number of nitrogens with one attached hydrogen (secondary N) is 2. The number of hydrogen-bond acceptors (Lipinski definition) is 5. The van der Waals surface area contributed by atoms with Gasteiger partial charge in [0, 0.05) is 0 Å². The fraction of sp³-hybridized carbons (Fsp3) is 0.300. The van der Waals surface area contributed by atoms with E-state index in [0.29, 0.717) is 4.67 Å². The smallest absolute Gasteiger partial charge is 0.287 e. The normalized spacial score (nSPS) is 11.7. The van der Waals surface area contributed by atoms with Crippen LogP contribution in [0.5, 0.6) is 0 Å². The number of aliphatic hydroxyl groups excluding tert-OH is 1. The van der Waals surface area contributed by atoms with Gasteiger partial charge >= 0.3 is 0 Å². The van der Waals surface area contributed by atoms with Crippen LogP contribution >= 0.6 is 15.9 Å². The molecule has 8 nitrogen and oxygen atoms in total. The summed E-state index contributed by atoms with van der Waals surface area (Å²) in [5, 5.41) is 13.6. The summed E-state index contributed by atoms with van der Waals surface area (Å²) in [6.45, 7) is -0.626. The quantitative estimate of drug-likeness (QED) is 0.515. The number of carbonyl (C=O) groups is 3. The molecule has 1 rings (SSSR count). The number of hydrogen-bond donors (Lipinski definition) is 4. The highest BCUT2D eigenvalue weighted by atomic mass is 79.9. The van der Waals surface area contributed by atoms with Gasteiger partial charge in [0.05, 0.1) is 13.1 Å². The zero-order valence-electron chi connectivity index (χ0n) is 9.68. The maximum Gasteiger partial charge on any atom is 0.287 e. The summed E-state index contributed by atoms with van der Waals surface area (Å²) in [4.78, 5) is 33.3. The first-order valence-corrected chi connectivity index (χ1v) is 5.97. The first-order valence-electron chi connectivity index (χ1n) is 5.17. The number of halogens is 1. The Bertz CT molecular complexity index is 487. The molecule has 0 bridgehead atoms. The van der Waals surface area contributed by atoms with Crippen molar-refractivity contribution >= 4 is 33.7 Å². The van der Waals surface area contributed by atoms with Gasteiger partial charge in [-0.3, -0.25) is 14.4 Å². The molecule has 0 spiro atoms. The Hall–Kier alpha value is -1.87. The van der Waals surface area contributed by atoms with E-state index in [1.807, 2.05) is 0 Å². The monoisotopic (exact) mass is 333 g/mol. The molecule has 0 saturated carbocycles. The van der Waals surface area contributed by atoms with Crippen LogP contribution in [0.4, 0.5) is 0 Å². The molecular weight excluding hydrogens is 322 g/mol. The summed E-state index contributed by atoms with van der Waals surface area (Å²) < 4.78 is 5.37. The van der Waals surface area contributed by atoms with E-state index < -0.39 is 23.8 Å². The molecule has 0 aliphatic carbocycles. The molecule has 1 heterocycles. The van der Waals surface area contributed by atoms with Gasteiger partial charge in [-0.2, -0.15) is 0 Å². The fourth-order valence-corrected chi connectivity index (χ4v) is 1.36. The molecule has 1 aromatic heterocycles. The van der Waals surface area contributed by atoms with Gasteiger partial charge in [0.1, 0.15) is 6.10 Å². The van der Waals surface area contributed by atoms with E-state index in [4.69, 9.17) is 15.3 Å². The molecule has 104 valence electrons. The summed E-state index contributed by atoms with van der Waals surface area (Å²) in [5.74, 6) is -2.02. The van der Waals surface area contributed by atoms with Crippen LogP contribution in [0.15, 0.2) is 21.2 Å². The van der Waals surface area contributed by atoms with Crippen LogP contribution in [-0.4, -0.2) is 42.0 Å². The van der Waals surface area contributed by atoms with Crippen LogP contribution in [0.1, 0.15) is 10.6 Å². The molecule has 5 N–H and O–H groups in total. The molecule has 1 aromatic rings. The van der Waals surface area contributed by atoms with Crippen LogP contribution in [0.3, 0.4) is 0 Å². The van der Waals surface area contributed by atoms with Crippen molar-refractivity contribution in [1.29, 1.82) is 0 Å². The Labute approximate surface area is 116 Å². The second-order valence-corrected chi connectivity index (χ2v) is 4.29. The zero-order valence-corrected chi connectivity index (χ0v) is 11.3. The highest BCUT2D eigenvalue weighted by molar-refractivity contribution is 9.10. The van der Waals surface area contributed by atoms with E-state index in [1.54, 1.807) is 0 Å². The standard InChI is InChI=1S/C10H12BrN3O5/c11-7-2-1-6(19-7)10(18)14-4-8(16)13-3-5(15)9(12)17/h1-2,5,15H,3-4H2,(H2,12,17)(H,13,16)(H,14,18). The molecule has 0 aliphatic heterocycles. The Morgan fingerprint density at radius 1 is 1.37 bits per heavy atom. The third-order valence-electron chi connectivity index (χ3n) is 2.03.